The van der Waals surface area contributed by atoms with Gasteiger partial charge in [-0.2, -0.15) is 17.5 Å². The second-order valence-electron chi connectivity index (χ2n) is 6.03. The van der Waals surface area contributed by atoms with Crippen LogP contribution in [0.1, 0.15) is 5.82 Å². The van der Waals surface area contributed by atoms with Crippen LogP contribution in [0.2, 0.25) is 0 Å². The van der Waals surface area contributed by atoms with E-state index >= 15 is 0 Å². The van der Waals surface area contributed by atoms with Crippen LogP contribution in [0, 0.1) is 5.82 Å². The summed E-state index contributed by atoms with van der Waals surface area (Å²) >= 11 is 1.39. The van der Waals surface area contributed by atoms with E-state index in [4.69, 9.17) is 9.47 Å². The Hall–Kier alpha value is -2.79. The van der Waals surface area contributed by atoms with Crippen molar-refractivity contribution in [3.05, 3.63) is 60.2 Å². The fraction of sp³-hybridized carbons (Fsp3) is 0.222. The average Bonchev–Trinajstić information content (AvgIpc) is 3.15. The number of benzene rings is 2. The molecule has 0 radical (unpaired) electrons. The van der Waals surface area contributed by atoms with Gasteiger partial charge >= 0.3 is 0 Å². The number of aromatic nitrogens is 3. The van der Waals surface area contributed by atoms with Gasteiger partial charge in [0.1, 0.15) is 23.9 Å². The van der Waals surface area contributed by atoms with Gasteiger partial charge in [-0.15, -0.1) is 10.2 Å². The number of nitrogens with zero attached hydrogens (tertiary/aromatic N) is 4. The molecule has 0 N–H and O–H groups in total. The number of methoxy groups -OCH3 is 1. The van der Waals surface area contributed by atoms with E-state index < -0.39 is 15.8 Å². The van der Waals surface area contributed by atoms with Crippen LogP contribution in [0.5, 0.6) is 11.5 Å². The molecule has 0 atom stereocenters. The predicted octanol–water partition coefficient (Wildman–Crippen LogP) is 2.44. The highest BCUT2D eigenvalue weighted by atomic mass is 32.2. The maximum Gasteiger partial charge on any atom is 0.278 e. The van der Waals surface area contributed by atoms with Gasteiger partial charge in [0.05, 0.1) is 18.6 Å². The molecule has 0 unspecified atom stereocenters. The Morgan fingerprint density at radius 3 is 2.72 bits per heavy atom. The number of fused-ring (bicyclic) bond motifs is 1. The number of thioether (sulfide) groups is 1. The number of ether oxygens (including phenoxy) is 2. The zero-order valence-corrected chi connectivity index (χ0v) is 17.0. The fourth-order valence-electron chi connectivity index (χ4n) is 2.83. The lowest BCUT2D eigenvalue weighted by Gasteiger charge is -2.30. The van der Waals surface area contributed by atoms with Crippen LogP contribution in [-0.4, -0.2) is 42.7 Å². The molecular weight excluding hydrogens is 419 g/mol. The molecule has 0 saturated carbocycles. The summed E-state index contributed by atoms with van der Waals surface area (Å²) in [6.45, 7) is 0.191. The van der Waals surface area contributed by atoms with Crippen molar-refractivity contribution in [1.29, 1.82) is 0 Å². The Kier molecular flexibility index (Phi) is 5.33. The zero-order valence-electron chi connectivity index (χ0n) is 15.4. The highest BCUT2D eigenvalue weighted by molar-refractivity contribution is 7.99. The van der Waals surface area contributed by atoms with Crippen molar-refractivity contribution in [3.8, 4) is 11.5 Å². The molecule has 11 heteroatoms. The molecule has 0 aliphatic carbocycles. The summed E-state index contributed by atoms with van der Waals surface area (Å²) in [5.74, 6) is 1.38. The quantitative estimate of drug-likeness (QED) is 0.587. The van der Waals surface area contributed by atoms with Crippen LogP contribution in [0.25, 0.3) is 0 Å². The molecule has 29 heavy (non-hydrogen) atoms. The van der Waals surface area contributed by atoms with Gasteiger partial charge in [0.15, 0.2) is 5.82 Å². The molecule has 2 heterocycles. The molecule has 0 fully saturated rings. The SMILES string of the molecule is COc1cccc(OCc2nnc3n2N(S(=O)(=O)c2cccc(F)c2)CCS3)c1. The maximum absolute atomic E-state index is 13.6. The van der Waals surface area contributed by atoms with Crippen molar-refractivity contribution in [2.24, 2.45) is 0 Å². The number of hydrogen-bond donors (Lipinski definition) is 0. The van der Waals surface area contributed by atoms with E-state index in [1.807, 2.05) is 0 Å². The summed E-state index contributed by atoms with van der Waals surface area (Å²) in [4.78, 5) is -0.135. The van der Waals surface area contributed by atoms with Crippen LogP contribution in [0.3, 0.4) is 0 Å². The van der Waals surface area contributed by atoms with Crippen molar-refractivity contribution in [1.82, 2.24) is 14.9 Å². The van der Waals surface area contributed by atoms with Gasteiger partial charge in [0.2, 0.25) is 5.16 Å². The van der Waals surface area contributed by atoms with E-state index in [-0.39, 0.29) is 18.0 Å². The molecule has 1 aliphatic heterocycles. The van der Waals surface area contributed by atoms with E-state index in [1.54, 1.807) is 31.4 Å². The monoisotopic (exact) mass is 436 g/mol. The fourth-order valence-corrected chi connectivity index (χ4v) is 5.34. The second-order valence-corrected chi connectivity index (χ2v) is 8.94. The van der Waals surface area contributed by atoms with Gasteiger partial charge in [0.25, 0.3) is 10.0 Å². The van der Waals surface area contributed by atoms with E-state index in [0.29, 0.717) is 28.2 Å². The number of halogens is 1. The first kappa shape index (κ1) is 19.5. The zero-order chi connectivity index (χ0) is 20.4. The number of hydrogen-bond acceptors (Lipinski definition) is 7. The van der Waals surface area contributed by atoms with Crippen LogP contribution >= 0.6 is 11.8 Å². The minimum Gasteiger partial charge on any atom is -0.497 e. The lowest BCUT2D eigenvalue weighted by atomic mass is 10.3. The third kappa shape index (κ3) is 3.87. The second kappa shape index (κ2) is 7.91. The molecule has 0 spiro atoms. The molecule has 0 saturated heterocycles. The van der Waals surface area contributed by atoms with E-state index in [1.165, 1.54) is 34.6 Å². The number of rotatable bonds is 6. The molecule has 0 amide bonds. The van der Waals surface area contributed by atoms with Crippen molar-refractivity contribution < 1.29 is 22.3 Å². The summed E-state index contributed by atoms with van der Waals surface area (Å²) in [6, 6.07) is 11.9. The van der Waals surface area contributed by atoms with Crippen molar-refractivity contribution in [2.75, 3.05) is 23.8 Å². The van der Waals surface area contributed by atoms with Gasteiger partial charge in [-0.3, -0.25) is 0 Å². The normalized spacial score (nSPS) is 13.8. The minimum atomic E-state index is -4.00. The summed E-state index contributed by atoms with van der Waals surface area (Å²) in [6.07, 6.45) is 0. The van der Waals surface area contributed by atoms with Crippen molar-refractivity contribution in [2.45, 2.75) is 16.7 Å². The molecular formula is C18H17FN4O4S2. The highest BCUT2D eigenvalue weighted by Crippen LogP contribution is 2.28. The standard InChI is InChI=1S/C18H17FN4O4S2/c1-26-14-5-3-6-15(11-14)27-12-17-20-21-18-23(17)22(8-9-28-18)29(24,25)16-7-2-4-13(19)10-16/h2-7,10-11H,8-9,12H2,1H3. The highest BCUT2D eigenvalue weighted by Gasteiger charge is 2.33. The first-order chi connectivity index (χ1) is 14.0. The van der Waals surface area contributed by atoms with Gasteiger partial charge in [-0.25, -0.2) is 4.39 Å². The van der Waals surface area contributed by atoms with Crippen molar-refractivity contribution >= 4 is 21.8 Å². The Labute approximate surface area is 171 Å². The first-order valence-electron chi connectivity index (χ1n) is 8.61. The Morgan fingerprint density at radius 1 is 1.14 bits per heavy atom. The topological polar surface area (TPSA) is 86.6 Å². The Morgan fingerprint density at radius 2 is 1.93 bits per heavy atom. The summed E-state index contributed by atoms with van der Waals surface area (Å²) in [5, 5.41) is 8.59. The Bertz CT molecular complexity index is 1140. The average molecular weight is 436 g/mol. The largest absolute Gasteiger partial charge is 0.497 e. The smallest absolute Gasteiger partial charge is 0.278 e. The molecule has 2 aromatic carbocycles. The van der Waals surface area contributed by atoms with Crippen LogP contribution in [-0.2, 0) is 16.6 Å². The van der Waals surface area contributed by atoms with Gasteiger partial charge < -0.3 is 9.47 Å². The van der Waals surface area contributed by atoms with Crippen LogP contribution < -0.4 is 13.9 Å². The number of sulfonamides is 1. The lowest BCUT2D eigenvalue weighted by molar-refractivity contribution is 0.286. The van der Waals surface area contributed by atoms with Gasteiger partial charge in [-0.05, 0) is 30.3 Å². The first-order valence-corrected chi connectivity index (χ1v) is 11.0. The molecule has 3 aromatic rings. The van der Waals surface area contributed by atoms with E-state index in [9.17, 15) is 12.8 Å². The predicted molar refractivity (Wildman–Crippen MR) is 105 cm³/mol. The Balaban J connectivity index is 1.64. The van der Waals surface area contributed by atoms with Crippen LogP contribution in [0.15, 0.2) is 58.6 Å². The lowest BCUT2D eigenvalue weighted by Crippen LogP contribution is -2.45. The maximum atomic E-state index is 13.6. The van der Waals surface area contributed by atoms with Crippen LogP contribution in [0.4, 0.5) is 4.39 Å². The van der Waals surface area contributed by atoms with Gasteiger partial charge in [-0.1, -0.05) is 23.9 Å². The molecule has 4 rings (SSSR count). The summed E-state index contributed by atoms with van der Waals surface area (Å²) in [5.41, 5.74) is 0. The third-order valence-corrected chi connectivity index (χ3v) is 6.84. The molecule has 0 bridgehead atoms. The van der Waals surface area contributed by atoms with E-state index in [2.05, 4.69) is 10.2 Å². The third-order valence-electron chi connectivity index (χ3n) is 4.19. The summed E-state index contributed by atoms with van der Waals surface area (Å²) < 4.78 is 53.3. The van der Waals surface area contributed by atoms with Gasteiger partial charge in [0, 0.05) is 11.8 Å². The molecule has 1 aromatic heterocycles. The molecule has 152 valence electrons. The summed E-state index contributed by atoms with van der Waals surface area (Å²) in [7, 11) is -2.44. The van der Waals surface area contributed by atoms with Crippen molar-refractivity contribution in [3.63, 3.8) is 0 Å². The molecule has 8 nitrogen and oxygen atoms in total. The van der Waals surface area contributed by atoms with E-state index in [0.717, 1.165) is 10.5 Å². The molecule has 1 aliphatic rings. The minimum absolute atomic E-state index is 0.00407.